The van der Waals surface area contributed by atoms with Gasteiger partial charge in [-0.25, -0.2) is 0 Å². The summed E-state index contributed by atoms with van der Waals surface area (Å²) in [4.78, 5) is 0. The fourth-order valence-corrected chi connectivity index (χ4v) is 3.22. The Hall–Kier alpha value is -1.65. The fraction of sp³-hybridized carbons (Fsp3) is 0.667. The second-order valence-electron chi connectivity index (χ2n) is 6.09. The minimum atomic E-state index is 0.800. The van der Waals surface area contributed by atoms with Gasteiger partial charge in [0, 0.05) is 6.54 Å². The van der Waals surface area contributed by atoms with Crippen LogP contribution in [0.5, 0.6) is 0 Å². The van der Waals surface area contributed by atoms with Gasteiger partial charge in [-0.2, -0.15) is 4.52 Å². The van der Waals surface area contributed by atoms with Crippen LogP contribution >= 0.6 is 0 Å². The summed E-state index contributed by atoms with van der Waals surface area (Å²) >= 11 is 0. The summed E-state index contributed by atoms with van der Waals surface area (Å²) in [5.41, 5.74) is 0.800. The zero-order chi connectivity index (χ0) is 13.9. The highest BCUT2D eigenvalue weighted by Crippen LogP contribution is 2.30. The van der Waals surface area contributed by atoms with Crippen LogP contribution in [0.25, 0.3) is 5.65 Å². The van der Waals surface area contributed by atoms with Gasteiger partial charge in [0.2, 0.25) is 0 Å². The molecule has 0 radical (unpaired) electrons. The van der Waals surface area contributed by atoms with Gasteiger partial charge in [-0.3, -0.25) is 0 Å². The molecule has 108 valence electrons. The van der Waals surface area contributed by atoms with Crippen molar-refractivity contribution in [3.05, 3.63) is 18.0 Å². The van der Waals surface area contributed by atoms with Crippen molar-refractivity contribution in [2.24, 2.45) is 11.8 Å². The first-order valence-corrected chi connectivity index (χ1v) is 7.65. The predicted molar refractivity (Wildman–Crippen MR) is 79.7 cm³/mol. The summed E-state index contributed by atoms with van der Waals surface area (Å²) < 4.78 is 1.78. The maximum Gasteiger partial charge on any atom is 0.178 e. The number of anilines is 1. The van der Waals surface area contributed by atoms with E-state index in [0.717, 1.165) is 35.7 Å². The summed E-state index contributed by atoms with van der Waals surface area (Å²) in [7, 11) is 0. The van der Waals surface area contributed by atoms with E-state index in [1.54, 1.807) is 4.52 Å². The van der Waals surface area contributed by atoms with Crippen molar-refractivity contribution in [1.29, 1.82) is 0 Å². The minimum Gasteiger partial charge on any atom is -0.369 e. The first-order chi connectivity index (χ1) is 9.72. The lowest BCUT2D eigenvalue weighted by Crippen LogP contribution is -2.17. The highest BCUT2D eigenvalue weighted by Gasteiger charge is 2.18. The maximum atomic E-state index is 4.51. The average molecular weight is 273 g/mol. The maximum absolute atomic E-state index is 4.51. The van der Waals surface area contributed by atoms with E-state index < -0.39 is 0 Å². The number of hydrogen-bond donors (Lipinski definition) is 1. The molecule has 2 unspecified atom stereocenters. The molecule has 2 atom stereocenters. The molecule has 3 rings (SSSR count). The molecule has 0 aromatic carbocycles. The average Bonchev–Trinajstić information content (AvgIpc) is 2.80. The molecule has 5 heteroatoms. The standard InChI is InChI=1S/C15H23N5/c1-11-4-3-5-13(10-11)8-9-16-14-6-7-15-18-17-12(2)20(15)19-14/h6-7,11,13H,3-5,8-10H2,1-2H3,(H,16,19). The van der Waals surface area contributed by atoms with E-state index >= 15 is 0 Å². The van der Waals surface area contributed by atoms with Gasteiger partial charge in [0.25, 0.3) is 0 Å². The Balaban J connectivity index is 1.55. The molecule has 2 aromatic heterocycles. The molecule has 1 N–H and O–H groups in total. The second kappa shape index (κ2) is 5.77. The van der Waals surface area contributed by atoms with Gasteiger partial charge in [-0.15, -0.1) is 15.3 Å². The van der Waals surface area contributed by atoms with Gasteiger partial charge in [0.15, 0.2) is 11.5 Å². The highest BCUT2D eigenvalue weighted by atomic mass is 15.4. The first kappa shape index (κ1) is 13.3. The third kappa shape index (κ3) is 2.92. The fourth-order valence-electron chi connectivity index (χ4n) is 3.22. The summed E-state index contributed by atoms with van der Waals surface area (Å²) in [6.07, 6.45) is 6.83. The molecule has 5 nitrogen and oxygen atoms in total. The van der Waals surface area contributed by atoms with Gasteiger partial charge in [-0.1, -0.05) is 26.2 Å². The Bertz CT molecular complexity index is 577. The monoisotopic (exact) mass is 273 g/mol. The zero-order valence-corrected chi connectivity index (χ0v) is 12.3. The molecule has 0 bridgehead atoms. The molecule has 0 spiro atoms. The van der Waals surface area contributed by atoms with Crippen LogP contribution in [0.15, 0.2) is 12.1 Å². The Labute approximate surface area is 119 Å². The summed E-state index contributed by atoms with van der Waals surface area (Å²) in [6, 6.07) is 3.94. The Morgan fingerprint density at radius 2 is 2.20 bits per heavy atom. The number of nitrogens with one attached hydrogen (secondary N) is 1. The molecule has 1 aliphatic carbocycles. The normalized spacial score (nSPS) is 23.1. The SMILES string of the molecule is Cc1nnc2ccc(NCCC3CCCC(C)C3)nn12. The topological polar surface area (TPSA) is 55.1 Å². The van der Waals surface area contributed by atoms with Crippen LogP contribution < -0.4 is 5.32 Å². The van der Waals surface area contributed by atoms with E-state index in [4.69, 9.17) is 0 Å². The molecule has 1 fully saturated rings. The molecule has 1 aliphatic rings. The predicted octanol–water partition coefficient (Wildman–Crippen LogP) is 3.06. The first-order valence-electron chi connectivity index (χ1n) is 7.65. The number of aryl methyl sites for hydroxylation is 1. The molecule has 20 heavy (non-hydrogen) atoms. The second-order valence-corrected chi connectivity index (χ2v) is 6.09. The van der Waals surface area contributed by atoms with Crippen LogP contribution in [-0.2, 0) is 0 Å². The Morgan fingerprint density at radius 1 is 1.30 bits per heavy atom. The highest BCUT2D eigenvalue weighted by molar-refractivity contribution is 5.43. The van der Waals surface area contributed by atoms with Crippen molar-refractivity contribution in [1.82, 2.24) is 19.8 Å². The van der Waals surface area contributed by atoms with Crippen LogP contribution in [0.4, 0.5) is 5.82 Å². The van der Waals surface area contributed by atoms with Gasteiger partial charge in [0.05, 0.1) is 0 Å². The van der Waals surface area contributed by atoms with Crippen LogP contribution in [-0.4, -0.2) is 26.4 Å². The van der Waals surface area contributed by atoms with Crippen molar-refractivity contribution in [2.75, 3.05) is 11.9 Å². The number of fused-ring (bicyclic) bond motifs is 1. The van der Waals surface area contributed by atoms with E-state index in [1.165, 1.54) is 32.1 Å². The van der Waals surface area contributed by atoms with Crippen molar-refractivity contribution >= 4 is 11.5 Å². The lowest BCUT2D eigenvalue weighted by molar-refractivity contribution is 0.274. The van der Waals surface area contributed by atoms with Crippen LogP contribution in [0, 0.1) is 18.8 Å². The van der Waals surface area contributed by atoms with Crippen molar-refractivity contribution in [3.63, 3.8) is 0 Å². The van der Waals surface area contributed by atoms with E-state index in [0.29, 0.717) is 0 Å². The Morgan fingerprint density at radius 3 is 3.05 bits per heavy atom. The number of hydrogen-bond acceptors (Lipinski definition) is 4. The van der Waals surface area contributed by atoms with Crippen molar-refractivity contribution in [3.8, 4) is 0 Å². The van der Waals surface area contributed by atoms with E-state index in [2.05, 4.69) is 27.5 Å². The summed E-state index contributed by atoms with van der Waals surface area (Å²) in [6.45, 7) is 5.29. The van der Waals surface area contributed by atoms with Crippen molar-refractivity contribution in [2.45, 2.75) is 46.0 Å². The molecule has 2 heterocycles. The van der Waals surface area contributed by atoms with E-state index in [1.807, 2.05) is 19.1 Å². The molecular weight excluding hydrogens is 250 g/mol. The lowest BCUT2D eigenvalue weighted by Gasteiger charge is -2.26. The molecule has 0 aliphatic heterocycles. The number of rotatable bonds is 4. The zero-order valence-electron chi connectivity index (χ0n) is 12.3. The number of aromatic nitrogens is 4. The van der Waals surface area contributed by atoms with Crippen LogP contribution in [0.1, 0.15) is 44.9 Å². The molecule has 0 amide bonds. The summed E-state index contributed by atoms with van der Waals surface area (Å²) in [5.74, 6) is 3.52. The van der Waals surface area contributed by atoms with Crippen LogP contribution in [0.2, 0.25) is 0 Å². The molecule has 0 saturated heterocycles. The molecule has 1 saturated carbocycles. The molecule has 2 aromatic rings. The quantitative estimate of drug-likeness (QED) is 0.930. The van der Waals surface area contributed by atoms with E-state index in [-0.39, 0.29) is 0 Å². The largest absolute Gasteiger partial charge is 0.369 e. The van der Waals surface area contributed by atoms with Gasteiger partial charge >= 0.3 is 0 Å². The summed E-state index contributed by atoms with van der Waals surface area (Å²) in [5, 5.41) is 16.0. The lowest BCUT2D eigenvalue weighted by atomic mass is 9.81. The van der Waals surface area contributed by atoms with Gasteiger partial charge < -0.3 is 5.32 Å². The smallest absolute Gasteiger partial charge is 0.178 e. The van der Waals surface area contributed by atoms with Gasteiger partial charge in [-0.05, 0) is 43.7 Å². The van der Waals surface area contributed by atoms with E-state index in [9.17, 15) is 0 Å². The third-order valence-electron chi connectivity index (χ3n) is 4.32. The molecular formula is C15H23N5. The third-order valence-corrected chi connectivity index (χ3v) is 4.32. The minimum absolute atomic E-state index is 0.800. The number of nitrogens with zero attached hydrogens (tertiary/aromatic N) is 4. The van der Waals surface area contributed by atoms with Crippen molar-refractivity contribution < 1.29 is 0 Å². The van der Waals surface area contributed by atoms with Gasteiger partial charge in [0.1, 0.15) is 5.82 Å². The van der Waals surface area contributed by atoms with Crippen LogP contribution in [0.3, 0.4) is 0 Å². The Kier molecular flexibility index (Phi) is 3.85.